The third-order valence-corrected chi connectivity index (χ3v) is 2.57. The number of hydrogen-bond acceptors (Lipinski definition) is 2. The number of hydrogen-bond donors (Lipinski definition) is 2. The summed E-state index contributed by atoms with van der Waals surface area (Å²) in [4.78, 5) is 17.1. The fourth-order valence-corrected chi connectivity index (χ4v) is 1.73. The molecular weight excluding hydrogens is 261 g/mol. The molecule has 0 unspecified atom stereocenters. The maximum atomic E-state index is 12.8. The molecule has 0 saturated heterocycles. The number of benzene rings is 1. The predicted molar refractivity (Wildman–Crippen MR) is 60.7 cm³/mol. The zero-order chi connectivity index (χ0) is 14.2. The van der Waals surface area contributed by atoms with Gasteiger partial charge in [-0.2, -0.15) is 13.2 Å². The number of halogens is 3. The number of imidazole rings is 1. The Morgan fingerprint density at radius 1 is 1.32 bits per heavy atom. The highest BCUT2D eigenvalue weighted by Gasteiger charge is 2.34. The average molecular weight is 270 g/mol. The minimum Gasteiger partial charge on any atom is -0.476 e. The van der Waals surface area contributed by atoms with Crippen LogP contribution in [0.5, 0.6) is 0 Å². The van der Waals surface area contributed by atoms with Gasteiger partial charge in [0.2, 0.25) is 0 Å². The molecule has 19 heavy (non-hydrogen) atoms. The number of aromatic nitrogens is 2. The van der Waals surface area contributed by atoms with Crippen LogP contribution < -0.4 is 0 Å². The Morgan fingerprint density at radius 2 is 1.95 bits per heavy atom. The normalized spacial score (nSPS) is 11.6. The van der Waals surface area contributed by atoms with Crippen LogP contribution in [0.15, 0.2) is 24.3 Å². The molecule has 7 heteroatoms. The van der Waals surface area contributed by atoms with Crippen LogP contribution in [0.1, 0.15) is 21.7 Å². The van der Waals surface area contributed by atoms with Gasteiger partial charge in [0, 0.05) is 11.3 Å². The summed E-state index contributed by atoms with van der Waals surface area (Å²) in [5.74, 6) is -1.40. The number of aromatic carboxylic acids is 1. The van der Waals surface area contributed by atoms with E-state index in [1.807, 2.05) is 0 Å². The van der Waals surface area contributed by atoms with Crippen LogP contribution >= 0.6 is 0 Å². The van der Waals surface area contributed by atoms with Crippen LogP contribution in [-0.4, -0.2) is 21.0 Å². The first kappa shape index (κ1) is 13.1. The fraction of sp³-hybridized carbons (Fsp3) is 0.167. The predicted octanol–water partition coefficient (Wildman–Crippen LogP) is 3.10. The average Bonchev–Trinajstić information content (AvgIpc) is 2.70. The molecule has 0 bridgehead atoms. The molecule has 0 spiro atoms. The van der Waals surface area contributed by atoms with Gasteiger partial charge in [0.1, 0.15) is 5.82 Å². The molecule has 0 radical (unpaired) electrons. The summed E-state index contributed by atoms with van der Waals surface area (Å²) in [5, 5.41) is 8.85. The number of H-pyrrole nitrogens is 1. The Morgan fingerprint density at radius 3 is 2.47 bits per heavy atom. The molecular formula is C12H9F3N2O2. The summed E-state index contributed by atoms with van der Waals surface area (Å²) in [6.07, 6.45) is -4.53. The second-order valence-electron chi connectivity index (χ2n) is 3.91. The van der Waals surface area contributed by atoms with Crippen LogP contribution in [0, 0.1) is 6.92 Å². The molecule has 0 aliphatic rings. The van der Waals surface area contributed by atoms with E-state index in [9.17, 15) is 18.0 Å². The molecule has 1 aromatic heterocycles. The molecule has 0 saturated carbocycles. The van der Waals surface area contributed by atoms with Gasteiger partial charge in [0.15, 0.2) is 5.69 Å². The van der Waals surface area contributed by atoms with Crippen LogP contribution in [0.3, 0.4) is 0 Å². The molecule has 0 amide bonds. The van der Waals surface area contributed by atoms with E-state index in [1.165, 1.54) is 25.1 Å². The topological polar surface area (TPSA) is 66.0 Å². The lowest BCUT2D eigenvalue weighted by Gasteiger charge is -2.10. The van der Waals surface area contributed by atoms with Gasteiger partial charge >= 0.3 is 12.1 Å². The van der Waals surface area contributed by atoms with Crippen molar-refractivity contribution < 1.29 is 23.1 Å². The van der Waals surface area contributed by atoms with Gasteiger partial charge < -0.3 is 10.1 Å². The zero-order valence-corrected chi connectivity index (χ0v) is 9.75. The third kappa shape index (κ3) is 2.44. The highest BCUT2D eigenvalue weighted by Crippen LogP contribution is 2.36. The Bertz CT molecular complexity index is 632. The molecule has 1 aromatic carbocycles. The van der Waals surface area contributed by atoms with Crippen molar-refractivity contribution in [2.45, 2.75) is 13.1 Å². The summed E-state index contributed by atoms with van der Waals surface area (Å²) in [6.45, 7) is 1.44. The molecule has 0 aliphatic heterocycles. The molecule has 2 aromatic rings. The van der Waals surface area contributed by atoms with E-state index in [2.05, 4.69) is 9.97 Å². The molecule has 0 atom stereocenters. The van der Waals surface area contributed by atoms with Crippen molar-refractivity contribution in [2.24, 2.45) is 0 Å². The number of aromatic amines is 1. The van der Waals surface area contributed by atoms with Crippen molar-refractivity contribution in [3.05, 3.63) is 41.2 Å². The standard InChI is InChI=1S/C12H9F3N2O2/c1-6-9(11(18)19)17-10(16-6)7-4-2-3-5-8(7)12(13,14)15/h2-5H,1H3,(H,16,17)(H,18,19). The third-order valence-electron chi connectivity index (χ3n) is 2.57. The van der Waals surface area contributed by atoms with Gasteiger partial charge in [0.25, 0.3) is 0 Å². The number of rotatable bonds is 2. The van der Waals surface area contributed by atoms with Gasteiger partial charge in [-0.15, -0.1) is 0 Å². The van der Waals surface area contributed by atoms with Gasteiger partial charge in [-0.3, -0.25) is 0 Å². The Kier molecular flexibility index (Phi) is 3.05. The number of carboxylic acids is 1. The molecule has 2 rings (SSSR count). The van der Waals surface area contributed by atoms with E-state index in [1.54, 1.807) is 0 Å². The number of aryl methyl sites for hydroxylation is 1. The van der Waals surface area contributed by atoms with E-state index in [4.69, 9.17) is 5.11 Å². The number of carbonyl (C=O) groups is 1. The Balaban J connectivity index is 2.60. The SMILES string of the molecule is Cc1[nH]c(-c2ccccc2C(F)(F)F)nc1C(=O)O. The minimum atomic E-state index is -4.53. The van der Waals surface area contributed by atoms with Crippen LogP contribution in [0.2, 0.25) is 0 Å². The van der Waals surface area contributed by atoms with E-state index in [0.29, 0.717) is 0 Å². The van der Waals surface area contributed by atoms with Gasteiger partial charge in [-0.1, -0.05) is 18.2 Å². The van der Waals surface area contributed by atoms with E-state index < -0.39 is 17.7 Å². The van der Waals surface area contributed by atoms with E-state index in [-0.39, 0.29) is 22.8 Å². The van der Waals surface area contributed by atoms with Crippen molar-refractivity contribution >= 4 is 5.97 Å². The van der Waals surface area contributed by atoms with Crippen LogP contribution in [-0.2, 0) is 6.18 Å². The molecule has 4 nitrogen and oxygen atoms in total. The molecule has 100 valence electrons. The highest BCUT2D eigenvalue weighted by atomic mass is 19.4. The van der Waals surface area contributed by atoms with Crippen LogP contribution in [0.4, 0.5) is 13.2 Å². The summed E-state index contributed by atoms with van der Waals surface area (Å²) in [5.41, 5.74) is -1.11. The first-order valence-electron chi connectivity index (χ1n) is 5.27. The van der Waals surface area contributed by atoms with E-state index >= 15 is 0 Å². The van der Waals surface area contributed by atoms with Gasteiger partial charge in [0.05, 0.1) is 5.56 Å². The largest absolute Gasteiger partial charge is 0.476 e. The van der Waals surface area contributed by atoms with Crippen molar-refractivity contribution in [3.63, 3.8) is 0 Å². The highest BCUT2D eigenvalue weighted by molar-refractivity contribution is 5.87. The van der Waals surface area contributed by atoms with Gasteiger partial charge in [-0.25, -0.2) is 9.78 Å². The zero-order valence-electron chi connectivity index (χ0n) is 9.75. The van der Waals surface area contributed by atoms with Gasteiger partial charge in [-0.05, 0) is 13.0 Å². The fourth-order valence-electron chi connectivity index (χ4n) is 1.73. The lowest BCUT2D eigenvalue weighted by atomic mass is 10.1. The van der Waals surface area contributed by atoms with Crippen molar-refractivity contribution in [1.82, 2.24) is 9.97 Å². The molecule has 0 aliphatic carbocycles. The number of alkyl halides is 3. The van der Waals surface area contributed by atoms with E-state index in [0.717, 1.165) is 6.07 Å². The number of carboxylic acid groups (broad SMARTS) is 1. The maximum Gasteiger partial charge on any atom is 0.417 e. The first-order chi connectivity index (χ1) is 8.80. The Labute approximate surface area is 105 Å². The van der Waals surface area contributed by atoms with Crippen molar-refractivity contribution in [3.8, 4) is 11.4 Å². The quantitative estimate of drug-likeness (QED) is 0.881. The lowest BCUT2D eigenvalue weighted by Crippen LogP contribution is -2.07. The Hall–Kier alpha value is -2.31. The van der Waals surface area contributed by atoms with Crippen molar-refractivity contribution in [1.29, 1.82) is 0 Å². The minimum absolute atomic E-state index is 0.108. The summed E-state index contributed by atoms with van der Waals surface area (Å²) in [7, 11) is 0. The number of nitrogens with zero attached hydrogens (tertiary/aromatic N) is 1. The second kappa shape index (κ2) is 4.42. The molecule has 0 fully saturated rings. The lowest BCUT2D eigenvalue weighted by molar-refractivity contribution is -0.137. The first-order valence-corrected chi connectivity index (χ1v) is 5.27. The van der Waals surface area contributed by atoms with Crippen molar-refractivity contribution in [2.75, 3.05) is 0 Å². The monoisotopic (exact) mass is 270 g/mol. The summed E-state index contributed by atoms with van der Waals surface area (Å²) >= 11 is 0. The number of nitrogens with one attached hydrogen (secondary N) is 1. The molecule has 1 heterocycles. The second-order valence-corrected chi connectivity index (χ2v) is 3.91. The summed E-state index contributed by atoms with van der Waals surface area (Å²) in [6, 6.07) is 4.86. The van der Waals surface area contributed by atoms with Crippen LogP contribution in [0.25, 0.3) is 11.4 Å². The smallest absolute Gasteiger partial charge is 0.417 e. The summed E-state index contributed by atoms with van der Waals surface area (Å²) < 4.78 is 38.5. The molecule has 2 N–H and O–H groups in total. The maximum absolute atomic E-state index is 12.8.